The summed E-state index contributed by atoms with van der Waals surface area (Å²) in [6, 6.07) is 1.75. The van der Waals surface area contributed by atoms with Crippen LogP contribution in [0.4, 0.5) is 0 Å². The quantitative estimate of drug-likeness (QED) is 0.826. The zero-order valence-corrected chi connectivity index (χ0v) is 11.2. The molecule has 1 aliphatic rings. The molecule has 0 saturated carbocycles. The lowest BCUT2D eigenvalue weighted by Crippen LogP contribution is -2.52. The summed E-state index contributed by atoms with van der Waals surface area (Å²) in [7, 11) is 0. The van der Waals surface area contributed by atoms with E-state index in [1.165, 1.54) is 0 Å². The van der Waals surface area contributed by atoms with Crippen molar-refractivity contribution in [2.45, 2.75) is 45.8 Å². The Kier molecular flexibility index (Phi) is 2.92. The first-order chi connectivity index (χ1) is 8.30. The molecule has 1 aromatic heterocycles. The first-order valence-electron chi connectivity index (χ1n) is 6.13. The van der Waals surface area contributed by atoms with Crippen LogP contribution in [0.1, 0.15) is 48.5 Å². The van der Waals surface area contributed by atoms with E-state index in [1.807, 2.05) is 32.3 Å². The zero-order chi connectivity index (χ0) is 13.5. The van der Waals surface area contributed by atoms with Crippen molar-refractivity contribution >= 4 is 11.8 Å². The van der Waals surface area contributed by atoms with Gasteiger partial charge in [0.1, 0.15) is 5.69 Å². The smallest absolute Gasteiger partial charge is 0.269 e. The summed E-state index contributed by atoms with van der Waals surface area (Å²) in [5, 5.41) is 5.71. The number of amides is 2. The Labute approximate surface area is 107 Å². The summed E-state index contributed by atoms with van der Waals surface area (Å²) >= 11 is 0. The van der Waals surface area contributed by atoms with Gasteiger partial charge in [0, 0.05) is 18.8 Å². The molecule has 1 aromatic rings. The molecule has 0 aromatic carbocycles. The van der Waals surface area contributed by atoms with Crippen molar-refractivity contribution in [3.8, 4) is 0 Å². The van der Waals surface area contributed by atoms with E-state index in [0.29, 0.717) is 17.8 Å². The molecular formula is C13H19N3O2. The lowest BCUT2D eigenvalue weighted by molar-refractivity contribution is 0.0845. The van der Waals surface area contributed by atoms with Crippen molar-refractivity contribution in [2.24, 2.45) is 0 Å². The molecule has 2 amide bonds. The van der Waals surface area contributed by atoms with Crippen molar-refractivity contribution in [1.82, 2.24) is 15.2 Å². The van der Waals surface area contributed by atoms with Crippen LogP contribution in [-0.4, -0.2) is 28.0 Å². The van der Waals surface area contributed by atoms with Gasteiger partial charge in [-0.15, -0.1) is 0 Å². The molecule has 0 atom stereocenters. The lowest BCUT2D eigenvalue weighted by atomic mass is 10.0. The summed E-state index contributed by atoms with van der Waals surface area (Å²) in [5.41, 5.74) is 0.610. The Morgan fingerprint density at radius 2 is 2.17 bits per heavy atom. The molecule has 2 heterocycles. The monoisotopic (exact) mass is 249 g/mol. The van der Waals surface area contributed by atoms with Crippen LogP contribution in [0.15, 0.2) is 12.3 Å². The number of nitrogens with zero attached hydrogens (tertiary/aromatic N) is 1. The molecule has 18 heavy (non-hydrogen) atoms. The van der Waals surface area contributed by atoms with Crippen LogP contribution in [0.2, 0.25) is 0 Å². The minimum absolute atomic E-state index is 0.0520. The number of rotatable bonds is 2. The minimum Gasteiger partial charge on any atom is -0.350 e. The molecule has 2 rings (SSSR count). The van der Waals surface area contributed by atoms with Crippen LogP contribution >= 0.6 is 0 Å². The summed E-state index contributed by atoms with van der Waals surface area (Å²) < 4.78 is 1.84. The highest BCUT2D eigenvalue weighted by Gasteiger charge is 2.33. The number of hydrogen-bond donors (Lipinski definition) is 2. The number of carbonyl (C=O) groups excluding carboxylic acids is 2. The van der Waals surface area contributed by atoms with E-state index < -0.39 is 0 Å². The second-order valence-electron chi connectivity index (χ2n) is 5.67. The van der Waals surface area contributed by atoms with Crippen LogP contribution in [0.3, 0.4) is 0 Å². The molecular weight excluding hydrogens is 230 g/mol. The van der Waals surface area contributed by atoms with Gasteiger partial charge in [-0.3, -0.25) is 9.59 Å². The van der Waals surface area contributed by atoms with E-state index in [-0.39, 0.29) is 23.4 Å². The number of fused-ring (bicyclic) bond motifs is 1. The number of nitrogens with one attached hydrogen (secondary N) is 2. The summed E-state index contributed by atoms with van der Waals surface area (Å²) in [5.74, 6) is -0.390. The molecule has 1 aliphatic heterocycles. The van der Waals surface area contributed by atoms with Crippen molar-refractivity contribution in [3.05, 3.63) is 23.5 Å². The van der Waals surface area contributed by atoms with Crippen molar-refractivity contribution in [1.29, 1.82) is 0 Å². The van der Waals surface area contributed by atoms with Crippen LogP contribution in [-0.2, 0) is 6.54 Å². The normalized spacial score (nSPS) is 17.3. The fourth-order valence-electron chi connectivity index (χ4n) is 2.21. The predicted molar refractivity (Wildman–Crippen MR) is 68.6 cm³/mol. The summed E-state index contributed by atoms with van der Waals surface area (Å²) in [6.45, 7) is 8.37. The predicted octanol–water partition coefficient (Wildman–Crippen LogP) is 1.15. The number of aromatic nitrogens is 1. The van der Waals surface area contributed by atoms with Crippen LogP contribution in [0.25, 0.3) is 0 Å². The first-order valence-corrected chi connectivity index (χ1v) is 6.13. The topological polar surface area (TPSA) is 63.1 Å². The summed E-state index contributed by atoms with van der Waals surface area (Å²) in [6.07, 6.45) is 1.80. The van der Waals surface area contributed by atoms with E-state index >= 15 is 0 Å². The molecule has 98 valence electrons. The van der Waals surface area contributed by atoms with E-state index in [2.05, 4.69) is 10.6 Å². The van der Waals surface area contributed by atoms with Crippen molar-refractivity contribution in [3.63, 3.8) is 0 Å². The van der Waals surface area contributed by atoms with E-state index in [0.717, 1.165) is 0 Å². The summed E-state index contributed by atoms with van der Waals surface area (Å²) in [4.78, 5) is 24.1. The van der Waals surface area contributed by atoms with Gasteiger partial charge in [0.25, 0.3) is 11.8 Å². The Hall–Kier alpha value is -1.78. The van der Waals surface area contributed by atoms with Gasteiger partial charge in [0.15, 0.2) is 0 Å². The maximum Gasteiger partial charge on any atom is 0.269 e. The number of carbonyl (C=O) groups is 2. The molecule has 0 spiro atoms. The van der Waals surface area contributed by atoms with Gasteiger partial charge in [0.2, 0.25) is 0 Å². The molecule has 0 unspecified atom stereocenters. The SMILES string of the molecule is CC(C)NC(=O)c1ccn2c1C(=O)NC(C)(C)C2. The third-order valence-electron chi connectivity index (χ3n) is 2.86. The van der Waals surface area contributed by atoms with Crippen molar-refractivity contribution < 1.29 is 9.59 Å². The molecule has 0 saturated heterocycles. The van der Waals surface area contributed by atoms with E-state index in [1.54, 1.807) is 12.3 Å². The van der Waals surface area contributed by atoms with Gasteiger partial charge in [-0.1, -0.05) is 0 Å². The third kappa shape index (κ3) is 2.25. The maximum absolute atomic E-state index is 12.1. The molecule has 2 N–H and O–H groups in total. The Morgan fingerprint density at radius 1 is 1.50 bits per heavy atom. The van der Waals surface area contributed by atoms with E-state index in [9.17, 15) is 9.59 Å². The molecule has 0 bridgehead atoms. The average molecular weight is 249 g/mol. The number of hydrogen-bond acceptors (Lipinski definition) is 2. The highest BCUT2D eigenvalue weighted by molar-refractivity contribution is 6.07. The largest absolute Gasteiger partial charge is 0.350 e. The second kappa shape index (κ2) is 4.15. The van der Waals surface area contributed by atoms with Crippen LogP contribution in [0, 0.1) is 0 Å². The fourth-order valence-corrected chi connectivity index (χ4v) is 2.21. The van der Waals surface area contributed by atoms with Crippen molar-refractivity contribution in [2.75, 3.05) is 0 Å². The highest BCUT2D eigenvalue weighted by Crippen LogP contribution is 2.21. The zero-order valence-electron chi connectivity index (χ0n) is 11.2. The molecule has 5 heteroatoms. The second-order valence-corrected chi connectivity index (χ2v) is 5.67. The third-order valence-corrected chi connectivity index (χ3v) is 2.86. The first kappa shape index (κ1) is 12.7. The standard InChI is InChI=1S/C13H19N3O2/c1-8(2)14-11(17)9-5-6-16-7-13(3,4)15-12(18)10(9)16/h5-6,8H,7H2,1-4H3,(H,14,17)(H,15,18). The van der Waals surface area contributed by atoms with Crippen LogP contribution in [0.5, 0.6) is 0 Å². The maximum atomic E-state index is 12.1. The molecule has 0 aliphatic carbocycles. The Bertz CT molecular complexity index is 500. The Balaban J connectivity index is 2.35. The van der Waals surface area contributed by atoms with Gasteiger partial charge in [-0.2, -0.15) is 0 Å². The highest BCUT2D eigenvalue weighted by atomic mass is 16.2. The van der Waals surface area contributed by atoms with Gasteiger partial charge in [0.05, 0.1) is 11.1 Å². The molecule has 0 fully saturated rings. The molecule has 5 nitrogen and oxygen atoms in total. The molecule has 0 radical (unpaired) electrons. The minimum atomic E-state index is -0.283. The van der Waals surface area contributed by atoms with Gasteiger partial charge in [-0.05, 0) is 33.8 Å². The lowest BCUT2D eigenvalue weighted by Gasteiger charge is -2.32. The Morgan fingerprint density at radius 3 is 2.78 bits per heavy atom. The van der Waals surface area contributed by atoms with Gasteiger partial charge in [-0.25, -0.2) is 0 Å². The van der Waals surface area contributed by atoms with E-state index in [4.69, 9.17) is 0 Å². The van der Waals surface area contributed by atoms with Crippen LogP contribution < -0.4 is 10.6 Å². The van der Waals surface area contributed by atoms with Gasteiger partial charge >= 0.3 is 0 Å². The average Bonchev–Trinajstić information content (AvgIpc) is 2.58. The fraction of sp³-hybridized carbons (Fsp3) is 0.538. The van der Waals surface area contributed by atoms with Gasteiger partial charge < -0.3 is 15.2 Å².